The van der Waals surface area contributed by atoms with Gasteiger partial charge in [0.2, 0.25) is 12.7 Å². The highest BCUT2D eigenvalue weighted by molar-refractivity contribution is 6.03. The third-order valence-corrected chi connectivity index (χ3v) is 7.45. The van der Waals surface area contributed by atoms with Gasteiger partial charge in [0, 0.05) is 24.7 Å². The monoisotopic (exact) mass is 463 g/mol. The van der Waals surface area contributed by atoms with Gasteiger partial charge in [0.25, 0.3) is 5.91 Å². The maximum Gasteiger partial charge on any atom is 0.271 e. The first kappa shape index (κ1) is 21.1. The Balaban J connectivity index is 1.38. The molecule has 2 amide bonds. The van der Waals surface area contributed by atoms with Crippen LogP contribution in [-0.2, 0) is 17.9 Å². The van der Waals surface area contributed by atoms with E-state index in [4.69, 9.17) is 13.9 Å². The molecule has 6 rings (SSSR count). The summed E-state index contributed by atoms with van der Waals surface area (Å²) in [7, 11) is 0. The van der Waals surface area contributed by atoms with Crippen molar-refractivity contribution in [3.8, 4) is 11.5 Å². The summed E-state index contributed by atoms with van der Waals surface area (Å²) < 4.78 is 18.7. The van der Waals surface area contributed by atoms with Crippen LogP contribution in [0.15, 0.2) is 34.7 Å². The third-order valence-electron chi connectivity index (χ3n) is 7.45. The van der Waals surface area contributed by atoms with E-state index >= 15 is 0 Å². The number of carbonyl (C=O) groups excluding carboxylic acids is 2. The average Bonchev–Trinajstić information content (AvgIpc) is 3.52. The minimum absolute atomic E-state index is 0.110. The molecule has 8 nitrogen and oxygen atoms in total. The largest absolute Gasteiger partial charge is 0.460 e. The third kappa shape index (κ3) is 3.35. The van der Waals surface area contributed by atoms with Crippen LogP contribution in [0.25, 0.3) is 11.1 Å². The molecule has 34 heavy (non-hydrogen) atoms. The summed E-state index contributed by atoms with van der Waals surface area (Å²) in [5.41, 5.74) is 1.88. The zero-order valence-corrected chi connectivity index (χ0v) is 19.6. The van der Waals surface area contributed by atoms with Crippen molar-refractivity contribution < 1.29 is 23.5 Å². The van der Waals surface area contributed by atoms with E-state index in [1.807, 2.05) is 42.7 Å². The van der Waals surface area contributed by atoms with Crippen molar-refractivity contribution in [1.29, 1.82) is 0 Å². The standard InChI is InChI=1S/C26H29N3O5/c1-16-10-19-22(34-16)12-20-24(30)29(13-17-8-9-21-23(11-17)33-15-32-21)26(2,14-28(19)20)25(31)27-18-6-4-3-5-7-18/h8-12,18H,3-7,13-15H2,1-2H3,(H,27,31)/t26-/m0/s1. The smallest absolute Gasteiger partial charge is 0.271 e. The topological polar surface area (TPSA) is 85.9 Å². The molecule has 0 saturated heterocycles. The second-order valence-corrected chi connectivity index (χ2v) is 9.88. The van der Waals surface area contributed by atoms with E-state index in [2.05, 4.69) is 5.32 Å². The Morgan fingerprint density at radius 2 is 1.91 bits per heavy atom. The van der Waals surface area contributed by atoms with Crippen LogP contribution >= 0.6 is 0 Å². The highest BCUT2D eigenvalue weighted by Gasteiger charge is 2.48. The van der Waals surface area contributed by atoms with E-state index in [9.17, 15) is 9.59 Å². The Labute approximate surface area is 197 Å². The summed E-state index contributed by atoms with van der Waals surface area (Å²) in [6.45, 7) is 4.60. The molecule has 0 radical (unpaired) electrons. The molecular weight excluding hydrogens is 434 g/mol. The second kappa shape index (κ2) is 7.82. The summed E-state index contributed by atoms with van der Waals surface area (Å²) in [4.78, 5) is 29.4. The van der Waals surface area contributed by atoms with Crippen molar-refractivity contribution in [2.45, 2.75) is 70.6 Å². The molecule has 3 aromatic rings. The van der Waals surface area contributed by atoms with Crippen LogP contribution in [-0.4, -0.2) is 39.7 Å². The number of aromatic nitrogens is 1. The van der Waals surface area contributed by atoms with Gasteiger partial charge in [-0.3, -0.25) is 9.59 Å². The van der Waals surface area contributed by atoms with Crippen molar-refractivity contribution in [3.05, 3.63) is 47.3 Å². The van der Waals surface area contributed by atoms with Crippen LogP contribution in [0, 0.1) is 6.92 Å². The van der Waals surface area contributed by atoms with Crippen molar-refractivity contribution >= 4 is 22.9 Å². The Kier molecular flexibility index (Phi) is 4.86. The summed E-state index contributed by atoms with van der Waals surface area (Å²) in [6, 6.07) is 9.53. The molecule has 0 unspecified atom stereocenters. The van der Waals surface area contributed by atoms with Crippen LogP contribution in [0.4, 0.5) is 0 Å². The number of fused-ring (bicyclic) bond motifs is 4. The van der Waals surface area contributed by atoms with Crippen LogP contribution in [0.5, 0.6) is 11.5 Å². The second-order valence-electron chi connectivity index (χ2n) is 9.88. The molecule has 1 N–H and O–H groups in total. The molecule has 0 bridgehead atoms. The molecule has 178 valence electrons. The first-order valence-electron chi connectivity index (χ1n) is 12.0. The Bertz CT molecular complexity index is 1290. The predicted molar refractivity (Wildman–Crippen MR) is 125 cm³/mol. The minimum atomic E-state index is -1.06. The number of benzene rings is 1. The molecule has 1 aromatic carbocycles. The number of hydrogen-bond acceptors (Lipinski definition) is 5. The number of ether oxygens (including phenoxy) is 2. The number of nitrogens with zero attached hydrogens (tertiary/aromatic N) is 2. The van der Waals surface area contributed by atoms with E-state index < -0.39 is 5.54 Å². The highest BCUT2D eigenvalue weighted by Crippen LogP contribution is 2.37. The normalized spacial score (nSPS) is 22.3. The lowest BCUT2D eigenvalue weighted by Crippen LogP contribution is -2.64. The maximum absolute atomic E-state index is 13.8. The van der Waals surface area contributed by atoms with E-state index in [1.165, 1.54) is 6.42 Å². The van der Waals surface area contributed by atoms with E-state index in [-0.39, 0.29) is 31.2 Å². The fourth-order valence-corrected chi connectivity index (χ4v) is 5.52. The highest BCUT2D eigenvalue weighted by atomic mass is 16.7. The zero-order chi connectivity index (χ0) is 23.4. The summed E-state index contributed by atoms with van der Waals surface area (Å²) in [5.74, 6) is 1.84. The summed E-state index contributed by atoms with van der Waals surface area (Å²) in [6.07, 6.45) is 5.43. The van der Waals surface area contributed by atoms with Crippen molar-refractivity contribution in [3.63, 3.8) is 0 Å². The molecule has 3 aliphatic rings. The minimum Gasteiger partial charge on any atom is -0.460 e. The molecule has 1 atom stereocenters. The molecule has 8 heteroatoms. The number of carbonyl (C=O) groups is 2. The van der Waals surface area contributed by atoms with Gasteiger partial charge in [0.15, 0.2) is 17.1 Å². The van der Waals surface area contributed by atoms with E-state index in [1.54, 1.807) is 11.0 Å². The number of aryl methyl sites for hydroxylation is 1. The Morgan fingerprint density at radius 3 is 2.74 bits per heavy atom. The SMILES string of the molecule is Cc1cc2c(cc3n2C[C@@](C)(C(=O)NC2CCCCC2)N(Cc2ccc4c(c2)OCO4)C3=O)o1. The number of furan rings is 1. The number of amides is 2. The van der Waals surface area contributed by atoms with E-state index in [0.717, 1.165) is 42.5 Å². The van der Waals surface area contributed by atoms with E-state index in [0.29, 0.717) is 29.3 Å². The van der Waals surface area contributed by atoms with Gasteiger partial charge in [-0.05, 0) is 44.4 Å². The molecule has 0 spiro atoms. The molecule has 2 aliphatic heterocycles. The molecular formula is C26H29N3O5. The lowest BCUT2D eigenvalue weighted by Gasteiger charge is -2.44. The van der Waals surface area contributed by atoms with Gasteiger partial charge in [-0.25, -0.2) is 0 Å². The zero-order valence-electron chi connectivity index (χ0n) is 19.6. The van der Waals surface area contributed by atoms with Gasteiger partial charge in [0.05, 0.1) is 12.1 Å². The molecule has 1 fully saturated rings. The fourth-order valence-electron chi connectivity index (χ4n) is 5.52. The first-order valence-corrected chi connectivity index (χ1v) is 12.0. The average molecular weight is 464 g/mol. The number of rotatable bonds is 4. The van der Waals surface area contributed by atoms with Crippen molar-refractivity contribution in [1.82, 2.24) is 14.8 Å². The van der Waals surface area contributed by atoms with Crippen molar-refractivity contribution in [2.24, 2.45) is 0 Å². The predicted octanol–water partition coefficient (Wildman–Crippen LogP) is 4.14. The summed E-state index contributed by atoms with van der Waals surface area (Å²) >= 11 is 0. The van der Waals surface area contributed by atoms with Gasteiger partial charge in [-0.2, -0.15) is 0 Å². The molecule has 1 aliphatic carbocycles. The first-order chi connectivity index (χ1) is 16.4. The molecule has 2 aromatic heterocycles. The van der Waals surface area contributed by atoms with Gasteiger partial charge in [-0.1, -0.05) is 25.3 Å². The van der Waals surface area contributed by atoms with Gasteiger partial charge in [0.1, 0.15) is 17.0 Å². The van der Waals surface area contributed by atoms with Gasteiger partial charge >= 0.3 is 0 Å². The molecule has 1 saturated carbocycles. The lowest BCUT2D eigenvalue weighted by atomic mass is 9.91. The van der Waals surface area contributed by atoms with Crippen molar-refractivity contribution in [2.75, 3.05) is 6.79 Å². The van der Waals surface area contributed by atoms with Crippen LogP contribution in [0.2, 0.25) is 0 Å². The lowest BCUT2D eigenvalue weighted by molar-refractivity contribution is -0.134. The fraction of sp³-hybridized carbons (Fsp3) is 0.462. The quantitative estimate of drug-likeness (QED) is 0.629. The number of nitrogens with one attached hydrogen (secondary N) is 1. The Hall–Kier alpha value is -3.42. The van der Waals surface area contributed by atoms with Crippen LogP contribution in [0.1, 0.15) is 60.8 Å². The van der Waals surface area contributed by atoms with Crippen LogP contribution in [0.3, 0.4) is 0 Å². The molecule has 4 heterocycles. The Morgan fingerprint density at radius 1 is 1.12 bits per heavy atom. The summed E-state index contributed by atoms with van der Waals surface area (Å²) in [5, 5.41) is 3.27. The van der Waals surface area contributed by atoms with Gasteiger partial charge in [-0.15, -0.1) is 0 Å². The van der Waals surface area contributed by atoms with Crippen LogP contribution < -0.4 is 14.8 Å². The number of hydrogen-bond donors (Lipinski definition) is 1. The van der Waals surface area contributed by atoms with Gasteiger partial charge < -0.3 is 28.7 Å². The maximum atomic E-state index is 13.8.